The zero-order chi connectivity index (χ0) is 16.6. The van der Waals surface area contributed by atoms with Crippen LogP contribution in [0.3, 0.4) is 0 Å². The number of fused-ring (bicyclic) bond motifs is 2. The fourth-order valence-corrected chi connectivity index (χ4v) is 3.48. The molecule has 2 nitrogen and oxygen atoms in total. The van der Waals surface area contributed by atoms with Crippen LogP contribution >= 0.6 is 0 Å². The van der Waals surface area contributed by atoms with Gasteiger partial charge in [0.25, 0.3) is 0 Å². The normalized spacial score (nSPS) is 11.2. The Kier molecular flexibility index (Phi) is 3.14. The van der Waals surface area contributed by atoms with Crippen LogP contribution < -0.4 is 0 Å². The van der Waals surface area contributed by atoms with Crippen molar-refractivity contribution in [3.05, 3.63) is 91.1 Å². The Morgan fingerprint density at radius 1 is 0.640 bits per heavy atom. The van der Waals surface area contributed by atoms with E-state index in [1.54, 1.807) is 0 Å². The van der Waals surface area contributed by atoms with Crippen molar-refractivity contribution in [1.82, 2.24) is 9.97 Å². The van der Waals surface area contributed by atoms with Gasteiger partial charge in [0, 0.05) is 5.56 Å². The molecule has 0 atom stereocenters. The van der Waals surface area contributed by atoms with Crippen molar-refractivity contribution in [1.29, 1.82) is 0 Å². The quantitative estimate of drug-likeness (QED) is 0.394. The van der Waals surface area contributed by atoms with E-state index in [1.807, 2.05) is 24.4 Å². The standard InChI is InChI=1S/C23H16N2/c1-2-8-16(9-3-1)21-15-24-23(25-21)22-19-12-6-4-10-17(19)14-18-11-5-7-13-20(18)22/h1-15H,(H,24,25). The van der Waals surface area contributed by atoms with Gasteiger partial charge in [-0.2, -0.15) is 0 Å². The molecule has 0 amide bonds. The van der Waals surface area contributed by atoms with Gasteiger partial charge in [-0.05, 0) is 33.2 Å². The van der Waals surface area contributed by atoms with Gasteiger partial charge in [-0.15, -0.1) is 0 Å². The Morgan fingerprint density at radius 3 is 1.92 bits per heavy atom. The lowest BCUT2D eigenvalue weighted by Crippen LogP contribution is -1.87. The molecule has 0 spiro atoms. The maximum atomic E-state index is 4.71. The Balaban J connectivity index is 1.81. The first kappa shape index (κ1) is 14.0. The Morgan fingerprint density at radius 2 is 1.24 bits per heavy atom. The summed E-state index contributed by atoms with van der Waals surface area (Å²) in [6.07, 6.45) is 1.92. The van der Waals surface area contributed by atoms with Gasteiger partial charge in [0.05, 0.1) is 11.9 Å². The van der Waals surface area contributed by atoms with Crippen molar-refractivity contribution in [2.45, 2.75) is 0 Å². The SMILES string of the molecule is c1ccc(-c2cnc(-c3c4ccccc4cc4ccccc34)[nH]2)cc1. The van der Waals surface area contributed by atoms with E-state index in [4.69, 9.17) is 4.98 Å². The number of aromatic amines is 1. The smallest absolute Gasteiger partial charge is 0.139 e. The minimum Gasteiger partial charge on any atom is -0.338 e. The highest BCUT2D eigenvalue weighted by Crippen LogP contribution is 2.35. The molecule has 0 saturated carbocycles. The highest BCUT2D eigenvalue weighted by atomic mass is 14.9. The number of H-pyrrole nitrogens is 1. The lowest BCUT2D eigenvalue weighted by molar-refractivity contribution is 1.32. The summed E-state index contributed by atoms with van der Waals surface area (Å²) < 4.78 is 0. The number of imidazole rings is 1. The molecule has 0 aliphatic carbocycles. The zero-order valence-electron chi connectivity index (χ0n) is 13.6. The lowest BCUT2D eigenvalue weighted by Gasteiger charge is -2.09. The van der Waals surface area contributed by atoms with Gasteiger partial charge in [0.2, 0.25) is 0 Å². The maximum absolute atomic E-state index is 4.71. The largest absolute Gasteiger partial charge is 0.338 e. The molecule has 0 fully saturated rings. The molecule has 2 heteroatoms. The number of rotatable bonds is 2. The summed E-state index contributed by atoms with van der Waals surface area (Å²) in [4.78, 5) is 8.23. The van der Waals surface area contributed by atoms with E-state index in [2.05, 4.69) is 71.7 Å². The molecular weight excluding hydrogens is 304 g/mol. The Bertz CT molecular complexity index is 1130. The molecule has 0 aliphatic rings. The van der Waals surface area contributed by atoms with Gasteiger partial charge in [0.15, 0.2) is 0 Å². The van der Waals surface area contributed by atoms with Gasteiger partial charge in [-0.25, -0.2) is 4.98 Å². The van der Waals surface area contributed by atoms with Crippen LogP contribution in [0.2, 0.25) is 0 Å². The van der Waals surface area contributed by atoms with Crippen molar-refractivity contribution in [3.8, 4) is 22.6 Å². The zero-order valence-corrected chi connectivity index (χ0v) is 13.6. The van der Waals surface area contributed by atoms with Crippen LogP contribution in [0.4, 0.5) is 0 Å². The summed E-state index contributed by atoms with van der Waals surface area (Å²) in [5.41, 5.74) is 3.34. The summed E-state index contributed by atoms with van der Waals surface area (Å²) in [5.74, 6) is 0.909. The molecule has 1 aromatic heterocycles. The van der Waals surface area contributed by atoms with Crippen LogP contribution in [0, 0.1) is 0 Å². The molecule has 1 heterocycles. The van der Waals surface area contributed by atoms with Crippen LogP contribution in [0.25, 0.3) is 44.2 Å². The summed E-state index contributed by atoms with van der Waals surface area (Å²) in [6.45, 7) is 0. The molecule has 0 unspecified atom stereocenters. The summed E-state index contributed by atoms with van der Waals surface area (Å²) in [7, 11) is 0. The van der Waals surface area contributed by atoms with E-state index in [9.17, 15) is 0 Å². The van der Waals surface area contributed by atoms with Crippen LogP contribution in [-0.4, -0.2) is 9.97 Å². The number of hydrogen-bond donors (Lipinski definition) is 1. The van der Waals surface area contributed by atoms with Crippen LogP contribution in [-0.2, 0) is 0 Å². The molecule has 25 heavy (non-hydrogen) atoms. The number of benzene rings is 4. The predicted molar refractivity (Wildman–Crippen MR) is 104 cm³/mol. The molecule has 118 valence electrons. The van der Waals surface area contributed by atoms with E-state index < -0.39 is 0 Å². The second-order valence-electron chi connectivity index (χ2n) is 6.21. The molecule has 5 rings (SSSR count). The highest BCUT2D eigenvalue weighted by molar-refractivity contribution is 6.11. The van der Waals surface area contributed by atoms with Crippen molar-refractivity contribution in [2.75, 3.05) is 0 Å². The molecular formula is C23H16N2. The number of nitrogens with zero attached hydrogens (tertiary/aromatic N) is 1. The van der Waals surface area contributed by atoms with E-state index in [0.717, 1.165) is 22.6 Å². The summed E-state index contributed by atoms with van der Waals surface area (Å²) >= 11 is 0. The van der Waals surface area contributed by atoms with Gasteiger partial charge in [-0.1, -0.05) is 78.9 Å². The average Bonchev–Trinajstić information content (AvgIpc) is 3.16. The van der Waals surface area contributed by atoms with E-state index in [1.165, 1.54) is 21.5 Å². The fraction of sp³-hybridized carbons (Fsp3) is 0. The predicted octanol–water partition coefficient (Wildman–Crippen LogP) is 6.05. The summed E-state index contributed by atoms with van der Waals surface area (Å²) in [6, 6.07) is 29.5. The van der Waals surface area contributed by atoms with Gasteiger partial charge >= 0.3 is 0 Å². The van der Waals surface area contributed by atoms with E-state index in [0.29, 0.717) is 0 Å². The van der Waals surface area contributed by atoms with Crippen LogP contribution in [0.15, 0.2) is 91.1 Å². The van der Waals surface area contributed by atoms with Crippen molar-refractivity contribution >= 4 is 21.5 Å². The third-order valence-corrected chi connectivity index (χ3v) is 4.67. The third kappa shape index (κ3) is 2.31. The molecule has 0 bridgehead atoms. The lowest BCUT2D eigenvalue weighted by atomic mass is 9.96. The highest BCUT2D eigenvalue weighted by Gasteiger charge is 2.13. The maximum Gasteiger partial charge on any atom is 0.139 e. The van der Waals surface area contributed by atoms with Crippen molar-refractivity contribution in [3.63, 3.8) is 0 Å². The molecule has 4 aromatic carbocycles. The first-order chi connectivity index (χ1) is 12.4. The first-order valence-corrected chi connectivity index (χ1v) is 8.41. The molecule has 0 radical (unpaired) electrons. The summed E-state index contributed by atoms with van der Waals surface area (Å²) in [5, 5.41) is 4.90. The number of hydrogen-bond acceptors (Lipinski definition) is 1. The minimum atomic E-state index is 0.909. The second-order valence-corrected chi connectivity index (χ2v) is 6.21. The second kappa shape index (κ2) is 5.60. The third-order valence-electron chi connectivity index (χ3n) is 4.67. The van der Waals surface area contributed by atoms with Crippen LogP contribution in [0.5, 0.6) is 0 Å². The minimum absolute atomic E-state index is 0.909. The van der Waals surface area contributed by atoms with Gasteiger partial charge in [0.1, 0.15) is 5.82 Å². The first-order valence-electron chi connectivity index (χ1n) is 8.41. The van der Waals surface area contributed by atoms with Gasteiger partial charge < -0.3 is 4.98 Å². The monoisotopic (exact) mass is 320 g/mol. The van der Waals surface area contributed by atoms with E-state index in [-0.39, 0.29) is 0 Å². The topological polar surface area (TPSA) is 28.7 Å². The molecule has 5 aromatic rings. The van der Waals surface area contributed by atoms with Crippen molar-refractivity contribution in [2.24, 2.45) is 0 Å². The molecule has 0 aliphatic heterocycles. The fourth-order valence-electron chi connectivity index (χ4n) is 3.48. The Labute approximate surface area is 145 Å². The van der Waals surface area contributed by atoms with Crippen molar-refractivity contribution < 1.29 is 0 Å². The molecule has 0 saturated heterocycles. The number of nitrogens with one attached hydrogen (secondary N) is 1. The average molecular weight is 320 g/mol. The van der Waals surface area contributed by atoms with Gasteiger partial charge in [-0.3, -0.25) is 0 Å². The van der Waals surface area contributed by atoms with Crippen LogP contribution in [0.1, 0.15) is 0 Å². The Hall–Kier alpha value is -3.39. The van der Waals surface area contributed by atoms with E-state index >= 15 is 0 Å². The molecule has 1 N–H and O–H groups in total. The number of aromatic nitrogens is 2.